The summed E-state index contributed by atoms with van der Waals surface area (Å²) in [5, 5.41) is 13.9. The molecule has 1 atom stereocenters. The predicted octanol–water partition coefficient (Wildman–Crippen LogP) is 3.57. The molecule has 2 aromatic rings. The van der Waals surface area contributed by atoms with Gasteiger partial charge in [0, 0.05) is 11.6 Å². The summed E-state index contributed by atoms with van der Waals surface area (Å²) in [6, 6.07) is 4.62. The van der Waals surface area contributed by atoms with E-state index in [-0.39, 0.29) is 17.5 Å². The molecule has 0 spiro atoms. The first-order chi connectivity index (χ1) is 10.4. The number of rotatable bonds is 5. The fourth-order valence-electron chi connectivity index (χ4n) is 2.13. The van der Waals surface area contributed by atoms with Gasteiger partial charge in [-0.1, -0.05) is 19.1 Å². The van der Waals surface area contributed by atoms with E-state index in [1.807, 2.05) is 6.92 Å². The maximum atomic E-state index is 14.1. The first kappa shape index (κ1) is 15.8. The number of aryl methyl sites for hydroxylation is 2. The number of hydrogen-bond donors (Lipinski definition) is 1. The maximum Gasteiger partial charge on any atom is 0.272 e. The van der Waals surface area contributed by atoms with Gasteiger partial charge in [-0.25, -0.2) is 14.4 Å². The zero-order chi connectivity index (χ0) is 16.3. The van der Waals surface area contributed by atoms with Gasteiger partial charge >= 0.3 is 0 Å². The molecule has 0 aliphatic rings. The zero-order valence-electron chi connectivity index (χ0n) is 12.6. The fraction of sp³-hybridized carbons (Fsp3) is 0.333. The molecule has 116 valence electrons. The van der Waals surface area contributed by atoms with Gasteiger partial charge in [0.05, 0.1) is 16.7 Å². The highest BCUT2D eigenvalue weighted by molar-refractivity contribution is 5.46. The Morgan fingerprint density at radius 1 is 1.41 bits per heavy atom. The van der Waals surface area contributed by atoms with Crippen molar-refractivity contribution in [1.29, 1.82) is 0 Å². The number of nitrogens with zero attached hydrogens (tertiary/aromatic N) is 3. The summed E-state index contributed by atoms with van der Waals surface area (Å²) in [6.07, 6.45) is 1.77. The van der Waals surface area contributed by atoms with Crippen molar-refractivity contribution in [3.8, 4) is 0 Å². The third kappa shape index (κ3) is 3.19. The van der Waals surface area contributed by atoms with E-state index in [1.54, 1.807) is 26.0 Å². The molecule has 0 bridgehead atoms. The Labute approximate surface area is 127 Å². The normalized spacial score (nSPS) is 12.0. The van der Waals surface area contributed by atoms with E-state index in [4.69, 9.17) is 0 Å². The first-order valence-electron chi connectivity index (χ1n) is 6.94. The summed E-state index contributed by atoms with van der Waals surface area (Å²) >= 11 is 0. The van der Waals surface area contributed by atoms with Crippen molar-refractivity contribution in [2.24, 2.45) is 0 Å². The zero-order valence-corrected chi connectivity index (χ0v) is 12.6. The van der Waals surface area contributed by atoms with Gasteiger partial charge in [0.1, 0.15) is 6.33 Å². The third-order valence-corrected chi connectivity index (χ3v) is 3.48. The van der Waals surface area contributed by atoms with Crippen LogP contribution in [0.25, 0.3) is 0 Å². The summed E-state index contributed by atoms with van der Waals surface area (Å²) in [5.74, 6) is -0.388. The Hall–Kier alpha value is -2.57. The molecular formula is C15H17FN4O2. The Morgan fingerprint density at radius 3 is 2.77 bits per heavy atom. The topological polar surface area (TPSA) is 81.0 Å². The van der Waals surface area contributed by atoms with Crippen LogP contribution >= 0.6 is 0 Å². The van der Waals surface area contributed by atoms with Crippen LogP contribution < -0.4 is 5.32 Å². The minimum atomic E-state index is -0.488. The van der Waals surface area contributed by atoms with Crippen LogP contribution in [0.3, 0.4) is 0 Å². The molecule has 0 fully saturated rings. The fourth-order valence-corrected chi connectivity index (χ4v) is 2.13. The van der Waals surface area contributed by atoms with Gasteiger partial charge in [0.15, 0.2) is 11.6 Å². The molecule has 1 N–H and O–H groups in total. The number of nitro groups is 1. The molecule has 0 aliphatic carbocycles. The Balaban J connectivity index is 2.28. The van der Waals surface area contributed by atoms with Crippen LogP contribution in [0.2, 0.25) is 0 Å². The van der Waals surface area contributed by atoms with Gasteiger partial charge in [-0.05, 0) is 25.8 Å². The highest BCUT2D eigenvalue weighted by atomic mass is 19.1. The van der Waals surface area contributed by atoms with E-state index in [1.165, 1.54) is 12.4 Å². The number of hydrogen-bond acceptors (Lipinski definition) is 5. The molecule has 1 unspecified atom stereocenters. The predicted molar refractivity (Wildman–Crippen MR) is 81.2 cm³/mol. The average Bonchev–Trinajstić information content (AvgIpc) is 2.49. The number of nitro benzene ring substituents is 1. The van der Waals surface area contributed by atoms with Gasteiger partial charge in [0.25, 0.3) is 5.69 Å². The van der Waals surface area contributed by atoms with Crippen molar-refractivity contribution in [1.82, 2.24) is 9.97 Å². The van der Waals surface area contributed by atoms with Gasteiger partial charge in [-0.2, -0.15) is 0 Å². The maximum absolute atomic E-state index is 14.1. The van der Waals surface area contributed by atoms with Crippen LogP contribution in [0.4, 0.5) is 15.9 Å². The molecule has 6 nitrogen and oxygen atoms in total. The van der Waals surface area contributed by atoms with Crippen molar-refractivity contribution >= 4 is 11.5 Å². The lowest BCUT2D eigenvalue weighted by atomic mass is 10.0. The molecule has 0 aliphatic heterocycles. The molecule has 1 aromatic carbocycles. The highest BCUT2D eigenvalue weighted by Gasteiger charge is 2.17. The minimum absolute atomic E-state index is 0.0450. The molecule has 0 saturated carbocycles. The summed E-state index contributed by atoms with van der Waals surface area (Å²) in [6.45, 7) is 5.28. The molecule has 0 saturated heterocycles. The number of nitrogens with one attached hydrogen (secondary N) is 1. The Morgan fingerprint density at radius 2 is 2.14 bits per heavy atom. The van der Waals surface area contributed by atoms with Crippen molar-refractivity contribution in [2.45, 2.75) is 33.2 Å². The largest absolute Gasteiger partial charge is 0.361 e. The molecular weight excluding hydrogens is 287 g/mol. The Bertz CT molecular complexity index is 706. The quantitative estimate of drug-likeness (QED) is 0.674. The van der Waals surface area contributed by atoms with Crippen molar-refractivity contribution in [2.75, 3.05) is 5.32 Å². The van der Waals surface area contributed by atoms with E-state index < -0.39 is 10.7 Å². The molecule has 1 heterocycles. The number of aromatic nitrogens is 2. The second-order valence-corrected chi connectivity index (χ2v) is 5.01. The monoisotopic (exact) mass is 304 g/mol. The van der Waals surface area contributed by atoms with Crippen LogP contribution in [0.15, 0.2) is 24.5 Å². The van der Waals surface area contributed by atoms with E-state index in [0.29, 0.717) is 23.2 Å². The molecule has 22 heavy (non-hydrogen) atoms. The van der Waals surface area contributed by atoms with Gasteiger partial charge in [0.2, 0.25) is 0 Å². The first-order valence-corrected chi connectivity index (χ1v) is 6.94. The van der Waals surface area contributed by atoms with Gasteiger partial charge in [-0.3, -0.25) is 10.1 Å². The number of benzene rings is 1. The second-order valence-electron chi connectivity index (χ2n) is 5.01. The standard InChI is InChI=1S/C15H17FN4O2/c1-4-12-14(16)15(18-8-17-12)19-10(3)11-6-5-9(2)13(7-11)20(21)22/h5-8,10H,4H2,1-3H3,(H,17,18,19). The van der Waals surface area contributed by atoms with Crippen LogP contribution in [-0.2, 0) is 6.42 Å². The summed E-state index contributed by atoms with van der Waals surface area (Å²) in [7, 11) is 0. The minimum Gasteiger partial charge on any atom is -0.361 e. The van der Waals surface area contributed by atoms with Crippen molar-refractivity contribution < 1.29 is 9.31 Å². The highest BCUT2D eigenvalue weighted by Crippen LogP contribution is 2.26. The van der Waals surface area contributed by atoms with Crippen molar-refractivity contribution in [3.63, 3.8) is 0 Å². The summed E-state index contributed by atoms with van der Waals surface area (Å²) in [5.41, 5.74) is 1.65. The van der Waals surface area contributed by atoms with Crippen molar-refractivity contribution in [3.05, 3.63) is 57.3 Å². The van der Waals surface area contributed by atoms with Crippen LogP contribution in [0, 0.1) is 22.9 Å². The van der Waals surface area contributed by atoms with E-state index in [2.05, 4.69) is 15.3 Å². The van der Waals surface area contributed by atoms with E-state index in [0.717, 1.165) is 0 Å². The third-order valence-electron chi connectivity index (χ3n) is 3.48. The number of anilines is 1. The second kappa shape index (κ2) is 6.46. The summed E-state index contributed by atoms with van der Waals surface area (Å²) in [4.78, 5) is 18.3. The van der Waals surface area contributed by atoms with Crippen LogP contribution in [0.1, 0.15) is 36.7 Å². The molecule has 0 amide bonds. The van der Waals surface area contributed by atoms with Crippen LogP contribution in [0.5, 0.6) is 0 Å². The van der Waals surface area contributed by atoms with E-state index >= 15 is 0 Å². The van der Waals surface area contributed by atoms with Gasteiger partial charge < -0.3 is 5.32 Å². The molecule has 2 rings (SSSR count). The van der Waals surface area contributed by atoms with Gasteiger partial charge in [-0.15, -0.1) is 0 Å². The number of halogens is 1. The molecule has 7 heteroatoms. The molecule has 1 aromatic heterocycles. The Kier molecular flexibility index (Phi) is 4.65. The average molecular weight is 304 g/mol. The summed E-state index contributed by atoms with van der Waals surface area (Å²) < 4.78 is 14.1. The SMILES string of the molecule is CCc1ncnc(NC(C)c2ccc(C)c([N+](=O)[O-])c2)c1F. The molecule has 0 radical (unpaired) electrons. The lowest BCUT2D eigenvalue weighted by Gasteiger charge is -2.16. The lowest BCUT2D eigenvalue weighted by Crippen LogP contribution is -2.11. The van der Waals surface area contributed by atoms with Crippen LogP contribution in [-0.4, -0.2) is 14.9 Å². The lowest BCUT2D eigenvalue weighted by molar-refractivity contribution is -0.385. The van der Waals surface area contributed by atoms with E-state index in [9.17, 15) is 14.5 Å². The smallest absolute Gasteiger partial charge is 0.272 e.